The average Bonchev–Trinajstić information content (AvgIpc) is 3.80. The van der Waals surface area contributed by atoms with Crippen LogP contribution in [0.25, 0.3) is 33.4 Å². The molecular weight excluding hydrogens is 522 g/mol. The number of ether oxygens (including phenoxy) is 1. The van der Waals surface area contributed by atoms with Crippen LogP contribution in [0, 0.1) is 0 Å². The van der Waals surface area contributed by atoms with E-state index in [1.54, 1.807) is 11.1 Å². The molecule has 0 bridgehead atoms. The van der Waals surface area contributed by atoms with Crippen molar-refractivity contribution in [3.63, 3.8) is 0 Å². The van der Waals surface area contributed by atoms with Crippen molar-refractivity contribution in [3.05, 3.63) is 95.7 Å². The Bertz CT molecular complexity index is 1790. The highest BCUT2D eigenvalue weighted by Gasteiger charge is 2.29. The molecule has 5 aromatic rings. The summed E-state index contributed by atoms with van der Waals surface area (Å²) in [6.45, 7) is 4.99. The molecule has 0 atom stereocenters. The number of hydrogen-bond acceptors (Lipinski definition) is 5. The molecule has 1 saturated carbocycles. The maximum absolute atomic E-state index is 13.7. The number of benzene rings is 3. The zero-order valence-electron chi connectivity index (χ0n) is 24.1. The van der Waals surface area contributed by atoms with Crippen molar-refractivity contribution in [2.75, 3.05) is 37.4 Å². The molecule has 3 N–H and O–H groups in total. The molecule has 42 heavy (non-hydrogen) atoms. The normalized spacial score (nSPS) is 15.1. The van der Waals surface area contributed by atoms with Gasteiger partial charge in [0, 0.05) is 28.9 Å². The van der Waals surface area contributed by atoms with Crippen molar-refractivity contribution in [3.8, 4) is 28.1 Å². The van der Waals surface area contributed by atoms with E-state index in [-0.39, 0.29) is 5.91 Å². The highest BCUT2D eigenvalue weighted by Crippen LogP contribution is 2.42. The van der Waals surface area contributed by atoms with Crippen LogP contribution < -0.4 is 15.4 Å². The molecule has 7 nitrogen and oxygen atoms in total. The summed E-state index contributed by atoms with van der Waals surface area (Å²) in [6.07, 6.45) is 4.12. The number of pyridine rings is 1. The van der Waals surface area contributed by atoms with E-state index in [1.807, 2.05) is 30.3 Å². The first-order valence-electron chi connectivity index (χ1n) is 14.7. The van der Waals surface area contributed by atoms with Gasteiger partial charge in [0.2, 0.25) is 0 Å². The number of nitrogens with two attached hydrogens (primary N) is 1. The van der Waals surface area contributed by atoms with Crippen molar-refractivity contribution in [1.82, 2.24) is 14.9 Å². The minimum atomic E-state index is -0.0487. The van der Waals surface area contributed by atoms with E-state index in [2.05, 4.69) is 71.3 Å². The van der Waals surface area contributed by atoms with Gasteiger partial charge in [-0.15, -0.1) is 0 Å². The lowest BCUT2D eigenvalue weighted by molar-refractivity contribution is 0.0990. The first-order valence-corrected chi connectivity index (χ1v) is 14.7. The van der Waals surface area contributed by atoms with Crippen LogP contribution in [-0.4, -0.2) is 47.5 Å². The average molecular weight is 558 g/mol. The van der Waals surface area contributed by atoms with Crippen molar-refractivity contribution in [1.29, 1.82) is 0 Å². The third-order valence-electron chi connectivity index (χ3n) is 8.49. The van der Waals surface area contributed by atoms with Crippen LogP contribution in [0.5, 0.6) is 5.75 Å². The fourth-order valence-corrected chi connectivity index (χ4v) is 5.86. The Kier molecular flexibility index (Phi) is 6.67. The van der Waals surface area contributed by atoms with Gasteiger partial charge < -0.3 is 25.3 Å². The number of nitrogens with zero attached hydrogens (tertiary/aromatic N) is 3. The van der Waals surface area contributed by atoms with E-state index in [4.69, 9.17) is 10.5 Å². The summed E-state index contributed by atoms with van der Waals surface area (Å²) in [5.74, 6) is 1.24. The van der Waals surface area contributed by atoms with E-state index in [1.165, 1.54) is 24.0 Å². The van der Waals surface area contributed by atoms with Crippen molar-refractivity contribution in [2.24, 2.45) is 0 Å². The topological polar surface area (TPSA) is 87.5 Å². The van der Waals surface area contributed by atoms with Gasteiger partial charge in [-0.3, -0.25) is 4.79 Å². The Hall–Kier alpha value is -4.62. The number of carbonyl (C=O) groups excluding carboxylic acids is 1. The highest BCUT2D eigenvalue weighted by molar-refractivity contribution is 6.09. The zero-order valence-corrected chi connectivity index (χ0v) is 24.1. The molecular formula is C35H35N5O2. The van der Waals surface area contributed by atoms with E-state index in [0.29, 0.717) is 36.1 Å². The Labute approximate surface area is 245 Å². The molecule has 3 aromatic carbocycles. The number of nitrogens with one attached hydrogen (secondary N) is 1. The van der Waals surface area contributed by atoms with Gasteiger partial charge in [-0.2, -0.15) is 0 Å². The molecule has 0 spiro atoms. The van der Waals surface area contributed by atoms with Crippen LogP contribution in [0.4, 0.5) is 11.4 Å². The molecule has 1 aliphatic carbocycles. The van der Waals surface area contributed by atoms with Crippen LogP contribution in [0.2, 0.25) is 0 Å². The predicted octanol–water partition coefficient (Wildman–Crippen LogP) is 6.85. The fourth-order valence-electron chi connectivity index (χ4n) is 5.86. The number of fused-ring (bicyclic) bond motifs is 2. The van der Waals surface area contributed by atoms with Gasteiger partial charge in [0.15, 0.2) is 0 Å². The second-order valence-electron chi connectivity index (χ2n) is 11.4. The van der Waals surface area contributed by atoms with Crippen LogP contribution in [-0.2, 0) is 6.54 Å². The number of H-pyrrole nitrogens is 1. The van der Waals surface area contributed by atoms with E-state index in [0.717, 1.165) is 52.2 Å². The number of hydrogen-bond donors (Lipinski definition) is 2. The maximum atomic E-state index is 13.7. The maximum Gasteiger partial charge on any atom is 0.262 e. The molecule has 212 valence electrons. The molecule has 0 unspecified atom stereocenters. The summed E-state index contributed by atoms with van der Waals surface area (Å²) in [4.78, 5) is 25.9. The molecule has 3 heterocycles. The molecule has 7 heteroatoms. The standard InChI is InChI=1S/C35H35N5O2/c1-3-39(2)21-22-7-9-24(10-8-22)31-19-29-33(30(36)20-37-34(29)38-31)26-5-4-6-27(17-26)40-15-16-42-32-18-25(23-11-12-23)13-14-28(32)35(40)41/h4-10,13-14,17-20,23H,3,11-12,15-16,21,36H2,1-2H3,(H,37,38). The lowest BCUT2D eigenvalue weighted by Crippen LogP contribution is -2.32. The largest absolute Gasteiger partial charge is 0.491 e. The summed E-state index contributed by atoms with van der Waals surface area (Å²) < 4.78 is 6.06. The number of aromatic nitrogens is 2. The van der Waals surface area contributed by atoms with Gasteiger partial charge in [-0.1, -0.05) is 49.4 Å². The minimum absolute atomic E-state index is 0.0487. The van der Waals surface area contributed by atoms with Crippen LogP contribution >= 0.6 is 0 Å². The summed E-state index contributed by atoms with van der Waals surface area (Å²) in [7, 11) is 2.12. The highest BCUT2D eigenvalue weighted by atomic mass is 16.5. The van der Waals surface area contributed by atoms with Gasteiger partial charge in [-0.25, -0.2) is 4.98 Å². The number of anilines is 2. The summed E-state index contributed by atoms with van der Waals surface area (Å²) in [6, 6.07) is 24.8. The molecule has 1 fully saturated rings. The fraction of sp³-hybridized carbons (Fsp3) is 0.257. The number of aromatic amines is 1. The first kappa shape index (κ1) is 26.3. The van der Waals surface area contributed by atoms with Crippen molar-refractivity contribution in [2.45, 2.75) is 32.2 Å². The Morgan fingerprint density at radius 3 is 2.67 bits per heavy atom. The number of nitrogen functional groups attached to an aromatic ring is 1. The lowest BCUT2D eigenvalue weighted by Gasteiger charge is -2.21. The quantitative estimate of drug-likeness (QED) is 0.229. The van der Waals surface area contributed by atoms with Crippen LogP contribution in [0.1, 0.15) is 47.2 Å². The summed E-state index contributed by atoms with van der Waals surface area (Å²) in [5.41, 5.74) is 15.8. The molecule has 1 amide bonds. The second kappa shape index (κ2) is 10.7. The lowest BCUT2D eigenvalue weighted by atomic mass is 10.00. The van der Waals surface area contributed by atoms with Crippen molar-refractivity contribution >= 4 is 28.3 Å². The first-order chi connectivity index (χ1) is 20.5. The monoisotopic (exact) mass is 557 g/mol. The summed E-state index contributed by atoms with van der Waals surface area (Å²) in [5, 5.41) is 0.945. The molecule has 7 rings (SSSR count). The van der Waals surface area contributed by atoms with E-state index < -0.39 is 0 Å². The molecule has 2 aromatic heterocycles. The van der Waals surface area contributed by atoms with Crippen LogP contribution in [0.3, 0.4) is 0 Å². The molecule has 1 aliphatic heterocycles. The second-order valence-corrected chi connectivity index (χ2v) is 11.4. The van der Waals surface area contributed by atoms with Gasteiger partial charge in [-0.05, 0) is 84.9 Å². The van der Waals surface area contributed by atoms with Gasteiger partial charge in [0.25, 0.3) is 5.91 Å². The van der Waals surface area contributed by atoms with Gasteiger partial charge in [0.1, 0.15) is 18.0 Å². The van der Waals surface area contributed by atoms with E-state index >= 15 is 0 Å². The van der Waals surface area contributed by atoms with Gasteiger partial charge >= 0.3 is 0 Å². The van der Waals surface area contributed by atoms with Gasteiger partial charge in [0.05, 0.1) is 24.0 Å². The molecule has 0 radical (unpaired) electrons. The smallest absolute Gasteiger partial charge is 0.262 e. The van der Waals surface area contributed by atoms with E-state index in [9.17, 15) is 4.79 Å². The summed E-state index contributed by atoms with van der Waals surface area (Å²) >= 11 is 0. The number of rotatable bonds is 7. The molecule has 2 aliphatic rings. The predicted molar refractivity (Wildman–Crippen MR) is 169 cm³/mol. The third-order valence-corrected chi connectivity index (χ3v) is 8.49. The Morgan fingerprint density at radius 2 is 1.88 bits per heavy atom. The number of carbonyl (C=O) groups is 1. The number of amides is 1. The van der Waals surface area contributed by atoms with Crippen molar-refractivity contribution < 1.29 is 9.53 Å². The SMILES string of the molecule is CCN(C)Cc1ccc(-c2cc3c(-c4cccc(N5CCOc6cc(C7CC7)ccc6C5=O)c4)c(N)cnc3[nH]2)cc1. The van der Waals surface area contributed by atoms with Crippen LogP contribution in [0.15, 0.2) is 79.0 Å². The minimum Gasteiger partial charge on any atom is -0.491 e. The third kappa shape index (κ3) is 4.90. The molecule has 0 saturated heterocycles. The Balaban J connectivity index is 1.22. The zero-order chi connectivity index (χ0) is 28.8. The Morgan fingerprint density at radius 1 is 1.05 bits per heavy atom.